The minimum atomic E-state index is 0.118. The molecule has 0 aromatic heterocycles. The van der Waals surface area contributed by atoms with Crippen LogP contribution in [-0.2, 0) is 11.2 Å². The summed E-state index contributed by atoms with van der Waals surface area (Å²) in [7, 11) is 0. The highest BCUT2D eigenvalue weighted by Gasteiger charge is 2.21. The number of nitrogens with two attached hydrogens (primary N) is 1. The normalized spacial score (nSPS) is 18.5. The molecule has 1 unspecified atom stereocenters. The van der Waals surface area contributed by atoms with Crippen molar-refractivity contribution >= 4 is 23.4 Å². The second-order valence-corrected chi connectivity index (χ2v) is 5.27. The van der Waals surface area contributed by atoms with E-state index in [-0.39, 0.29) is 11.9 Å². The van der Waals surface area contributed by atoms with Crippen molar-refractivity contribution in [1.29, 1.82) is 0 Å². The fourth-order valence-corrected chi connectivity index (χ4v) is 2.70. The van der Waals surface area contributed by atoms with E-state index >= 15 is 0 Å². The number of hydrogen-bond acceptors (Lipinski definition) is 3. The highest BCUT2D eigenvalue weighted by molar-refractivity contribution is 7.99. The van der Waals surface area contributed by atoms with Crippen molar-refractivity contribution in [3.8, 4) is 0 Å². The minimum Gasteiger partial charge on any atom is -0.399 e. The molecule has 1 aromatic rings. The molecule has 1 aliphatic rings. The average molecular weight is 250 g/mol. The van der Waals surface area contributed by atoms with Gasteiger partial charge in [-0.25, -0.2) is 0 Å². The molecule has 2 rings (SSSR count). The number of fused-ring (bicyclic) bond motifs is 1. The summed E-state index contributed by atoms with van der Waals surface area (Å²) < 4.78 is 0. The van der Waals surface area contributed by atoms with Gasteiger partial charge in [0.2, 0.25) is 5.91 Å². The molecule has 3 nitrogen and oxygen atoms in total. The predicted octanol–water partition coefficient (Wildman–Crippen LogP) is 2.13. The van der Waals surface area contributed by atoms with Gasteiger partial charge >= 0.3 is 0 Å². The Morgan fingerprint density at radius 3 is 3.18 bits per heavy atom. The van der Waals surface area contributed by atoms with Crippen LogP contribution in [0.1, 0.15) is 30.0 Å². The Balaban J connectivity index is 2.14. The number of nitrogen functional groups attached to an aromatic ring is 1. The number of amides is 1. The van der Waals surface area contributed by atoms with Crippen molar-refractivity contribution in [2.24, 2.45) is 0 Å². The monoisotopic (exact) mass is 250 g/mol. The summed E-state index contributed by atoms with van der Waals surface area (Å²) in [5, 5.41) is 3.09. The van der Waals surface area contributed by atoms with Crippen molar-refractivity contribution in [2.75, 3.05) is 17.7 Å². The van der Waals surface area contributed by atoms with Gasteiger partial charge in [-0.1, -0.05) is 6.07 Å². The quantitative estimate of drug-likeness (QED) is 0.808. The zero-order valence-electron chi connectivity index (χ0n) is 10.0. The third-order valence-electron chi connectivity index (χ3n) is 3.09. The molecule has 17 heavy (non-hydrogen) atoms. The van der Waals surface area contributed by atoms with E-state index in [9.17, 15) is 4.79 Å². The van der Waals surface area contributed by atoms with Crippen molar-refractivity contribution in [1.82, 2.24) is 5.32 Å². The maximum absolute atomic E-state index is 11.6. The van der Waals surface area contributed by atoms with Crippen LogP contribution in [0, 0.1) is 0 Å². The van der Waals surface area contributed by atoms with Gasteiger partial charge in [-0.2, -0.15) is 11.8 Å². The molecule has 1 atom stereocenters. The van der Waals surface area contributed by atoms with Crippen LogP contribution in [0.15, 0.2) is 18.2 Å². The lowest BCUT2D eigenvalue weighted by molar-refractivity contribution is -0.119. The molecule has 1 aromatic carbocycles. The van der Waals surface area contributed by atoms with Crippen LogP contribution in [0.3, 0.4) is 0 Å². The van der Waals surface area contributed by atoms with E-state index in [1.807, 2.05) is 24.5 Å². The smallest absolute Gasteiger partial charge is 0.230 e. The van der Waals surface area contributed by atoms with Gasteiger partial charge in [-0.15, -0.1) is 0 Å². The third kappa shape index (κ3) is 2.94. The van der Waals surface area contributed by atoms with Crippen LogP contribution in [0.5, 0.6) is 0 Å². The largest absolute Gasteiger partial charge is 0.399 e. The Labute approximate surface area is 106 Å². The molecular formula is C13H18N2OS. The number of anilines is 1. The van der Waals surface area contributed by atoms with Gasteiger partial charge in [-0.05, 0) is 48.8 Å². The van der Waals surface area contributed by atoms with Crippen molar-refractivity contribution in [3.05, 3.63) is 29.3 Å². The van der Waals surface area contributed by atoms with Crippen LogP contribution < -0.4 is 11.1 Å². The van der Waals surface area contributed by atoms with Crippen molar-refractivity contribution in [3.63, 3.8) is 0 Å². The Bertz CT molecular complexity index is 420. The standard InChI is InChI=1S/C13H18N2OS/c1-17-8-13(16)15-12-4-2-3-9-7-10(14)5-6-11(9)12/h5-7,12H,2-4,8,14H2,1H3,(H,15,16). The molecule has 0 saturated heterocycles. The first kappa shape index (κ1) is 12.3. The molecule has 0 fully saturated rings. The average Bonchev–Trinajstić information content (AvgIpc) is 2.29. The molecule has 1 amide bonds. The zero-order chi connectivity index (χ0) is 12.3. The van der Waals surface area contributed by atoms with Gasteiger partial charge in [0.05, 0.1) is 11.8 Å². The summed E-state index contributed by atoms with van der Waals surface area (Å²) >= 11 is 1.55. The molecule has 0 radical (unpaired) electrons. The van der Waals surface area contributed by atoms with E-state index in [1.54, 1.807) is 11.8 Å². The fourth-order valence-electron chi connectivity index (χ4n) is 2.35. The van der Waals surface area contributed by atoms with E-state index in [0.717, 1.165) is 24.9 Å². The first-order chi connectivity index (χ1) is 8.20. The van der Waals surface area contributed by atoms with Gasteiger partial charge in [-0.3, -0.25) is 4.79 Å². The number of thioether (sulfide) groups is 1. The Morgan fingerprint density at radius 1 is 1.59 bits per heavy atom. The molecule has 0 heterocycles. The van der Waals surface area contributed by atoms with E-state index in [2.05, 4.69) is 5.32 Å². The van der Waals surface area contributed by atoms with E-state index in [0.29, 0.717) is 5.75 Å². The molecule has 92 valence electrons. The van der Waals surface area contributed by atoms with Crippen LogP contribution in [0.2, 0.25) is 0 Å². The maximum atomic E-state index is 11.6. The number of hydrogen-bond donors (Lipinski definition) is 2. The van der Waals surface area contributed by atoms with Crippen LogP contribution in [0.4, 0.5) is 5.69 Å². The van der Waals surface area contributed by atoms with Crippen molar-refractivity contribution < 1.29 is 4.79 Å². The van der Waals surface area contributed by atoms with Gasteiger partial charge in [0.15, 0.2) is 0 Å². The summed E-state index contributed by atoms with van der Waals surface area (Å²) in [4.78, 5) is 11.6. The van der Waals surface area contributed by atoms with Crippen LogP contribution in [-0.4, -0.2) is 17.9 Å². The molecule has 4 heteroatoms. The minimum absolute atomic E-state index is 0.118. The predicted molar refractivity (Wildman–Crippen MR) is 73.1 cm³/mol. The zero-order valence-corrected chi connectivity index (χ0v) is 10.8. The molecule has 0 bridgehead atoms. The van der Waals surface area contributed by atoms with Gasteiger partial charge in [0.25, 0.3) is 0 Å². The van der Waals surface area contributed by atoms with Crippen molar-refractivity contribution in [2.45, 2.75) is 25.3 Å². The fraction of sp³-hybridized carbons (Fsp3) is 0.462. The van der Waals surface area contributed by atoms with E-state index in [4.69, 9.17) is 5.73 Å². The first-order valence-corrected chi connectivity index (χ1v) is 7.26. The topological polar surface area (TPSA) is 55.1 Å². The van der Waals surface area contributed by atoms with E-state index in [1.165, 1.54) is 11.1 Å². The Morgan fingerprint density at radius 2 is 2.41 bits per heavy atom. The molecule has 1 aliphatic carbocycles. The molecular weight excluding hydrogens is 232 g/mol. The summed E-state index contributed by atoms with van der Waals surface area (Å²) in [6.07, 6.45) is 5.14. The second-order valence-electron chi connectivity index (χ2n) is 4.40. The molecule has 0 spiro atoms. The van der Waals surface area contributed by atoms with Gasteiger partial charge in [0.1, 0.15) is 0 Å². The third-order valence-corrected chi connectivity index (χ3v) is 3.64. The molecule has 0 saturated carbocycles. The summed E-state index contributed by atoms with van der Waals surface area (Å²) in [6.45, 7) is 0. The lowest BCUT2D eigenvalue weighted by atomic mass is 9.87. The number of carbonyl (C=O) groups is 1. The van der Waals surface area contributed by atoms with Crippen LogP contribution >= 0.6 is 11.8 Å². The van der Waals surface area contributed by atoms with Crippen LogP contribution in [0.25, 0.3) is 0 Å². The lowest BCUT2D eigenvalue weighted by Crippen LogP contribution is -2.32. The molecule has 3 N–H and O–H groups in total. The van der Waals surface area contributed by atoms with Gasteiger partial charge in [0, 0.05) is 5.69 Å². The summed E-state index contributed by atoms with van der Waals surface area (Å²) in [5.74, 6) is 0.646. The lowest BCUT2D eigenvalue weighted by Gasteiger charge is -2.26. The number of rotatable bonds is 3. The Hall–Kier alpha value is -1.16. The van der Waals surface area contributed by atoms with Gasteiger partial charge < -0.3 is 11.1 Å². The Kier molecular flexibility index (Phi) is 3.94. The van der Waals surface area contributed by atoms with E-state index < -0.39 is 0 Å². The number of carbonyl (C=O) groups excluding carboxylic acids is 1. The first-order valence-electron chi connectivity index (χ1n) is 5.87. The number of nitrogens with one attached hydrogen (secondary N) is 1. The summed E-state index contributed by atoms with van der Waals surface area (Å²) in [5.41, 5.74) is 9.11. The SMILES string of the molecule is CSCC(=O)NC1CCCc2cc(N)ccc21. The summed E-state index contributed by atoms with van der Waals surface area (Å²) in [6, 6.07) is 6.16. The second kappa shape index (κ2) is 5.45. The highest BCUT2D eigenvalue weighted by atomic mass is 32.2. The number of benzene rings is 1. The molecule has 0 aliphatic heterocycles. The maximum Gasteiger partial charge on any atom is 0.230 e. The number of aryl methyl sites for hydroxylation is 1. The highest BCUT2D eigenvalue weighted by Crippen LogP contribution is 2.30.